The van der Waals surface area contributed by atoms with E-state index in [1.165, 1.54) is 25.6 Å². The minimum Gasteiger partial charge on any atom is -0.455 e. The fourth-order valence-corrected chi connectivity index (χ4v) is 2.65. The van der Waals surface area contributed by atoms with E-state index in [-0.39, 0.29) is 0 Å². The molecular formula is C12H16Cl3NO6S. The van der Waals surface area contributed by atoms with Crippen molar-refractivity contribution in [2.24, 2.45) is 0 Å². The Morgan fingerprint density at radius 1 is 1.13 bits per heavy atom. The third-order valence-corrected chi connectivity index (χ3v) is 3.87. The second-order valence-corrected chi connectivity index (χ2v) is 7.78. The Kier molecular flexibility index (Phi) is 7.73. The van der Waals surface area contributed by atoms with Gasteiger partial charge in [0.25, 0.3) is 3.79 Å². The van der Waals surface area contributed by atoms with Gasteiger partial charge in [0.05, 0.1) is 0 Å². The molecule has 0 aromatic carbocycles. The van der Waals surface area contributed by atoms with Gasteiger partial charge in [-0.15, -0.1) is 0 Å². The van der Waals surface area contributed by atoms with Gasteiger partial charge >= 0.3 is 11.9 Å². The quantitative estimate of drug-likeness (QED) is 0.323. The summed E-state index contributed by atoms with van der Waals surface area (Å²) < 4.78 is 19.0. The Morgan fingerprint density at radius 2 is 1.65 bits per heavy atom. The number of hydrogen-bond donors (Lipinski definition) is 1. The van der Waals surface area contributed by atoms with E-state index in [1.54, 1.807) is 0 Å². The SMILES string of the molecule is CSCC1OC(OC(=N)C(Cl)(Cl)Cl)[C@@H](OC(C)=O)C1OC(C)=O. The molecule has 1 fully saturated rings. The number of esters is 2. The Balaban J connectivity index is 2.99. The highest BCUT2D eigenvalue weighted by Crippen LogP contribution is 2.33. The second-order valence-electron chi connectivity index (χ2n) is 4.59. The van der Waals surface area contributed by atoms with Crippen LogP contribution in [-0.2, 0) is 28.5 Å². The zero-order valence-electron chi connectivity index (χ0n) is 12.5. The number of thioether (sulfide) groups is 1. The van der Waals surface area contributed by atoms with Crippen molar-refractivity contribution in [2.45, 2.75) is 42.2 Å². The molecule has 0 spiro atoms. The van der Waals surface area contributed by atoms with Gasteiger partial charge in [0.1, 0.15) is 6.10 Å². The summed E-state index contributed by atoms with van der Waals surface area (Å²) in [7, 11) is 0. The van der Waals surface area contributed by atoms with Crippen molar-refractivity contribution < 1.29 is 28.5 Å². The van der Waals surface area contributed by atoms with Crippen molar-refractivity contribution in [3.8, 4) is 0 Å². The van der Waals surface area contributed by atoms with E-state index in [1.807, 2.05) is 6.26 Å². The van der Waals surface area contributed by atoms with Gasteiger partial charge in [-0.2, -0.15) is 11.8 Å². The van der Waals surface area contributed by atoms with E-state index in [0.29, 0.717) is 5.75 Å². The van der Waals surface area contributed by atoms with Gasteiger partial charge in [0.2, 0.25) is 18.3 Å². The molecule has 1 heterocycles. The van der Waals surface area contributed by atoms with Crippen LogP contribution in [-0.4, -0.2) is 58.2 Å². The van der Waals surface area contributed by atoms with Gasteiger partial charge in [-0.25, -0.2) is 0 Å². The fraction of sp³-hybridized carbons (Fsp3) is 0.750. The number of alkyl halides is 3. The monoisotopic (exact) mass is 407 g/mol. The van der Waals surface area contributed by atoms with Gasteiger partial charge in [0, 0.05) is 19.6 Å². The lowest BCUT2D eigenvalue weighted by atomic mass is 10.1. The highest BCUT2D eigenvalue weighted by Gasteiger charge is 2.51. The van der Waals surface area contributed by atoms with E-state index in [2.05, 4.69) is 0 Å². The average molecular weight is 409 g/mol. The van der Waals surface area contributed by atoms with Gasteiger partial charge in [-0.05, 0) is 6.26 Å². The largest absolute Gasteiger partial charge is 0.455 e. The van der Waals surface area contributed by atoms with Gasteiger partial charge in [-0.1, -0.05) is 34.8 Å². The van der Waals surface area contributed by atoms with Gasteiger partial charge in [-0.3, -0.25) is 15.0 Å². The molecule has 3 unspecified atom stereocenters. The Hall–Kier alpha value is -0.410. The molecule has 7 nitrogen and oxygen atoms in total. The normalized spacial score (nSPS) is 27.4. The number of rotatable bonds is 5. The first-order chi connectivity index (χ1) is 10.6. The first kappa shape index (κ1) is 20.6. The molecule has 0 aliphatic carbocycles. The molecule has 11 heteroatoms. The van der Waals surface area contributed by atoms with E-state index in [9.17, 15) is 9.59 Å². The van der Waals surface area contributed by atoms with Crippen molar-refractivity contribution in [2.75, 3.05) is 12.0 Å². The van der Waals surface area contributed by atoms with Crippen molar-refractivity contribution in [3.05, 3.63) is 0 Å². The molecule has 1 saturated heterocycles. The summed E-state index contributed by atoms with van der Waals surface area (Å²) in [4.78, 5) is 22.6. The van der Waals surface area contributed by atoms with Gasteiger partial charge in [0.15, 0.2) is 6.10 Å². The number of hydrogen-bond acceptors (Lipinski definition) is 8. The molecule has 0 radical (unpaired) electrons. The van der Waals surface area contributed by atoms with Crippen LogP contribution in [0.15, 0.2) is 0 Å². The average Bonchev–Trinajstić information content (AvgIpc) is 2.66. The number of carbonyl (C=O) groups is 2. The van der Waals surface area contributed by atoms with Crippen LogP contribution >= 0.6 is 46.6 Å². The van der Waals surface area contributed by atoms with Crippen molar-refractivity contribution in [1.82, 2.24) is 0 Å². The standard InChI is InChI=1S/C12H16Cl3NO6S/c1-5(17)19-8-7(4-23-3)21-10(9(8)20-6(2)18)22-11(16)12(13,14)15/h7-10,16H,4H2,1-3H3/t7?,8?,9-,10?/m0/s1. The molecule has 0 saturated carbocycles. The molecule has 4 atom stereocenters. The van der Waals surface area contributed by atoms with Crippen LogP contribution in [0.5, 0.6) is 0 Å². The summed E-state index contributed by atoms with van der Waals surface area (Å²) in [5.74, 6) is -1.46. The van der Waals surface area contributed by atoms with E-state index < -0.39 is 46.2 Å². The lowest BCUT2D eigenvalue weighted by molar-refractivity contribution is -0.172. The molecule has 1 rings (SSSR count). The summed E-state index contributed by atoms with van der Waals surface area (Å²) in [6.45, 7) is 2.41. The zero-order chi connectivity index (χ0) is 17.8. The summed E-state index contributed by atoms with van der Waals surface area (Å²) in [5, 5.41) is 7.60. The number of nitrogens with one attached hydrogen (secondary N) is 1. The molecule has 23 heavy (non-hydrogen) atoms. The smallest absolute Gasteiger partial charge is 0.303 e. The molecule has 0 bridgehead atoms. The Bertz CT molecular complexity index is 472. The lowest BCUT2D eigenvalue weighted by Crippen LogP contribution is -2.42. The van der Waals surface area contributed by atoms with Crippen LogP contribution in [0, 0.1) is 5.41 Å². The minimum absolute atomic E-state index is 0.441. The van der Waals surface area contributed by atoms with Crippen molar-refractivity contribution in [3.63, 3.8) is 0 Å². The predicted molar refractivity (Wildman–Crippen MR) is 87.3 cm³/mol. The Labute approximate surface area is 152 Å². The molecule has 1 N–H and O–H groups in total. The van der Waals surface area contributed by atoms with Crippen molar-refractivity contribution >= 4 is 64.4 Å². The topological polar surface area (TPSA) is 94.9 Å². The van der Waals surface area contributed by atoms with Crippen LogP contribution in [0.3, 0.4) is 0 Å². The second kappa shape index (κ2) is 8.62. The van der Waals surface area contributed by atoms with Crippen LogP contribution in [0.25, 0.3) is 0 Å². The van der Waals surface area contributed by atoms with E-state index >= 15 is 0 Å². The maximum absolute atomic E-state index is 11.3. The number of halogens is 3. The highest BCUT2D eigenvalue weighted by molar-refractivity contribution is 7.98. The van der Waals surface area contributed by atoms with Gasteiger partial charge < -0.3 is 18.9 Å². The maximum atomic E-state index is 11.3. The molecule has 0 amide bonds. The molecule has 0 aromatic heterocycles. The fourth-order valence-electron chi connectivity index (χ4n) is 1.92. The van der Waals surface area contributed by atoms with E-state index in [4.69, 9.17) is 59.2 Å². The number of ether oxygens (including phenoxy) is 4. The predicted octanol–water partition coefficient (Wildman–Crippen LogP) is 2.30. The van der Waals surface area contributed by atoms with E-state index in [0.717, 1.165) is 0 Å². The van der Waals surface area contributed by atoms with Crippen molar-refractivity contribution in [1.29, 1.82) is 5.41 Å². The molecule has 0 aromatic rings. The summed E-state index contributed by atoms with van der Waals surface area (Å²) >= 11 is 18.1. The van der Waals surface area contributed by atoms with Crippen LogP contribution < -0.4 is 0 Å². The third-order valence-electron chi connectivity index (χ3n) is 2.69. The maximum Gasteiger partial charge on any atom is 0.303 e. The zero-order valence-corrected chi connectivity index (χ0v) is 15.6. The lowest BCUT2D eigenvalue weighted by Gasteiger charge is -2.24. The summed E-state index contributed by atoms with van der Waals surface area (Å²) in [6.07, 6.45) is -1.99. The summed E-state index contributed by atoms with van der Waals surface area (Å²) in [6, 6.07) is 0. The number of carbonyl (C=O) groups excluding carboxylic acids is 2. The first-order valence-electron chi connectivity index (χ1n) is 6.37. The highest BCUT2D eigenvalue weighted by atomic mass is 35.6. The van der Waals surface area contributed by atoms with Crippen LogP contribution in [0.1, 0.15) is 13.8 Å². The molecule has 132 valence electrons. The molecule has 1 aliphatic heterocycles. The minimum atomic E-state index is -2.10. The van der Waals surface area contributed by atoms with Crippen LogP contribution in [0.2, 0.25) is 0 Å². The third kappa shape index (κ3) is 6.19. The van der Waals surface area contributed by atoms with Crippen LogP contribution in [0.4, 0.5) is 0 Å². The summed E-state index contributed by atoms with van der Waals surface area (Å²) in [5.41, 5.74) is 0. The Morgan fingerprint density at radius 3 is 2.09 bits per heavy atom. The first-order valence-corrected chi connectivity index (χ1v) is 8.90. The molecular weight excluding hydrogens is 393 g/mol. The molecule has 1 aliphatic rings.